The lowest BCUT2D eigenvalue weighted by atomic mass is 10.3. The number of hydrogen-bond donors (Lipinski definition) is 2. The van der Waals surface area contributed by atoms with Gasteiger partial charge in [0.25, 0.3) is 10.0 Å². The summed E-state index contributed by atoms with van der Waals surface area (Å²) in [6, 6.07) is 10.6. The van der Waals surface area contributed by atoms with Crippen LogP contribution in [0.4, 0.5) is 0 Å². The molecule has 6 nitrogen and oxygen atoms in total. The van der Waals surface area contributed by atoms with Crippen molar-refractivity contribution >= 4 is 10.0 Å². The molecule has 0 spiro atoms. The predicted molar refractivity (Wildman–Crippen MR) is 65.7 cm³/mol. The lowest BCUT2D eigenvalue weighted by Gasteiger charge is -2.07. The van der Waals surface area contributed by atoms with Crippen LogP contribution < -0.4 is 9.46 Å². The third-order valence-corrected chi connectivity index (χ3v) is 3.56. The Bertz CT molecular complexity index is 567. The molecule has 0 aliphatic carbocycles. The van der Waals surface area contributed by atoms with Gasteiger partial charge in [0, 0.05) is 6.54 Å². The van der Waals surface area contributed by atoms with E-state index in [1.807, 2.05) is 30.3 Å². The molecule has 0 aliphatic heterocycles. The summed E-state index contributed by atoms with van der Waals surface area (Å²) in [5.74, 6) is 0.707. The highest BCUT2D eigenvalue weighted by atomic mass is 32.2. The molecule has 0 radical (unpaired) electrons. The van der Waals surface area contributed by atoms with Crippen LogP contribution in [0.15, 0.2) is 47.6 Å². The Balaban J connectivity index is 1.79. The van der Waals surface area contributed by atoms with Crippen LogP contribution in [0.1, 0.15) is 0 Å². The average molecular weight is 267 g/mol. The van der Waals surface area contributed by atoms with E-state index in [1.165, 1.54) is 12.3 Å². The lowest BCUT2D eigenvalue weighted by Crippen LogP contribution is -2.28. The molecule has 2 aromatic rings. The van der Waals surface area contributed by atoms with Crippen LogP contribution in [0, 0.1) is 0 Å². The zero-order valence-electron chi connectivity index (χ0n) is 9.54. The van der Waals surface area contributed by atoms with Crippen molar-refractivity contribution in [1.82, 2.24) is 14.9 Å². The number of ether oxygens (including phenoxy) is 1. The highest BCUT2D eigenvalue weighted by Gasteiger charge is 2.14. The molecule has 1 heterocycles. The van der Waals surface area contributed by atoms with Gasteiger partial charge >= 0.3 is 0 Å². The minimum Gasteiger partial charge on any atom is -0.492 e. The van der Waals surface area contributed by atoms with E-state index in [1.54, 1.807) is 0 Å². The Morgan fingerprint density at radius 3 is 2.67 bits per heavy atom. The van der Waals surface area contributed by atoms with Gasteiger partial charge < -0.3 is 4.74 Å². The van der Waals surface area contributed by atoms with E-state index in [2.05, 4.69) is 14.9 Å². The second kappa shape index (κ2) is 5.65. The Morgan fingerprint density at radius 2 is 2.00 bits per heavy atom. The summed E-state index contributed by atoms with van der Waals surface area (Å²) in [5, 5.41) is 6.03. The van der Waals surface area contributed by atoms with Crippen LogP contribution in [0.5, 0.6) is 5.75 Å². The number of nitrogens with one attached hydrogen (secondary N) is 2. The largest absolute Gasteiger partial charge is 0.492 e. The molecular formula is C11H13N3O3S. The van der Waals surface area contributed by atoms with Crippen LogP contribution in [0.2, 0.25) is 0 Å². The Hall–Kier alpha value is -1.86. The maximum Gasteiger partial charge on any atom is 0.257 e. The number of nitrogens with zero attached hydrogens (tertiary/aromatic N) is 1. The highest BCUT2D eigenvalue weighted by molar-refractivity contribution is 7.89. The summed E-state index contributed by atoms with van der Waals surface area (Å²) in [6.45, 7) is 0.452. The van der Waals surface area contributed by atoms with E-state index in [4.69, 9.17) is 4.74 Å². The summed E-state index contributed by atoms with van der Waals surface area (Å²) in [7, 11) is -3.52. The second-order valence-corrected chi connectivity index (χ2v) is 5.22. The van der Waals surface area contributed by atoms with Gasteiger partial charge in [-0.25, -0.2) is 13.1 Å². The minimum absolute atomic E-state index is 0.0437. The summed E-state index contributed by atoms with van der Waals surface area (Å²) in [5.41, 5.74) is 0. The van der Waals surface area contributed by atoms with Crippen LogP contribution in [0.25, 0.3) is 0 Å². The number of rotatable bonds is 6. The van der Waals surface area contributed by atoms with Crippen LogP contribution in [-0.4, -0.2) is 31.8 Å². The highest BCUT2D eigenvalue weighted by Crippen LogP contribution is 2.07. The molecule has 0 atom stereocenters. The van der Waals surface area contributed by atoms with Crippen molar-refractivity contribution < 1.29 is 13.2 Å². The SMILES string of the molecule is O=S(=O)(NCCOc1ccccc1)c1ccn[nH]1. The fourth-order valence-corrected chi connectivity index (χ4v) is 2.25. The Morgan fingerprint density at radius 1 is 1.22 bits per heavy atom. The molecule has 0 bridgehead atoms. The van der Waals surface area contributed by atoms with Crippen molar-refractivity contribution in [1.29, 1.82) is 0 Å². The first kappa shape index (κ1) is 12.6. The average Bonchev–Trinajstić information content (AvgIpc) is 2.91. The topological polar surface area (TPSA) is 84.1 Å². The minimum atomic E-state index is -3.52. The van der Waals surface area contributed by atoms with E-state index in [0.717, 1.165) is 0 Å². The molecule has 0 unspecified atom stereocenters. The zero-order valence-corrected chi connectivity index (χ0v) is 10.4. The molecular weight excluding hydrogens is 254 g/mol. The van der Waals surface area contributed by atoms with E-state index in [-0.39, 0.29) is 18.2 Å². The van der Waals surface area contributed by atoms with E-state index in [9.17, 15) is 8.42 Å². The number of aromatic nitrogens is 2. The lowest BCUT2D eigenvalue weighted by molar-refractivity contribution is 0.323. The summed E-state index contributed by atoms with van der Waals surface area (Å²) in [4.78, 5) is 0. The molecule has 18 heavy (non-hydrogen) atoms. The summed E-state index contributed by atoms with van der Waals surface area (Å²) >= 11 is 0. The Labute approximate surface area is 105 Å². The molecule has 2 N–H and O–H groups in total. The maximum absolute atomic E-state index is 11.7. The molecule has 7 heteroatoms. The van der Waals surface area contributed by atoms with Gasteiger partial charge in [-0.15, -0.1) is 0 Å². The van der Waals surface area contributed by atoms with Crippen molar-refractivity contribution in [2.45, 2.75) is 5.03 Å². The number of sulfonamides is 1. The third-order valence-electron chi connectivity index (χ3n) is 2.17. The van der Waals surface area contributed by atoms with Crippen LogP contribution in [0.3, 0.4) is 0 Å². The monoisotopic (exact) mass is 267 g/mol. The molecule has 0 aliphatic rings. The van der Waals surface area contributed by atoms with Crippen molar-refractivity contribution in [3.8, 4) is 5.75 Å². The van der Waals surface area contributed by atoms with Crippen molar-refractivity contribution in [3.05, 3.63) is 42.6 Å². The van der Waals surface area contributed by atoms with Crippen molar-refractivity contribution in [2.75, 3.05) is 13.2 Å². The fraction of sp³-hybridized carbons (Fsp3) is 0.182. The molecule has 0 fully saturated rings. The first-order valence-corrected chi connectivity index (χ1v) is 6.84. The Kier molecular flexibility index (Phi) is 3.96. The summed E-state index contributed by atoms with van der Waals surface area (Å²) in [6.07, 6.45) is 1.38. The third kappa shape index (κ3) is 3.31. The number of H-pyrrole nitrogens is 1. The van der Waals surface area contributed by atoms with Gasteiger partial charge in [-0.2, -0.15) is 5.10 Å². The van der Waals surface area contributed by atoms with Gasteiger partial charge in [0.2, 0.25) is 0 Å². The molecule has 1 aromatic carbocycles. The predicted octanol–water partition coefficient (Wildman–Crippen LogP) is 0.767. The molecule has 0 amide bonds. The van der Waals surface area contributed by atoms with E-state index < -0.39 is 10.0 Å². The fourth-order valence-electron chi connectivity index (χ4n) is 1.33. The summed E-state index contributed by atoms with van der Waals surface area (Å²) < 4.78 is 31.1. The maximum atomic E-state index is 11.7. The quantitative estimate of drug-likeness (QED) is 0.757. The number of aromatic amines is 1. The molecule has 1 aromatic heterocycles. The number of benzene rings is 1. The van der Waals surface area contributed by atoms with E-state index in [0.29, 0.717) is 5.75 Å². The first-order valence-electron chi connectivity index (χ1n) is 5.35. The number of hydrogen-bond acceptors (Lipinski definition) is 4. The zero-order chi connectivity index (χ0) is 12.8. The number of para-hydroxylation sites is 1. The van der Waals surface area contributed by atoms with Crippen LogP contribution >= 0.6 is 0 Å². The van der Waals surface area contributed by atoms with Gasteiger partial charge in [-0.05, 0) is 18.2 Å². The molecule has 0 saturated heterocycles. The second-order valence-electron chi connectivity index (χ2n) is 3.48. The van der Waals surface area contributed by atoms with E-state index >= 15 is 0 Å². The van der Waals surface area contributed by atoms with Gasteiger partial charge in [-0.3, -0.25) is 5.10 Å². The first-order chi connectivity index (χ1) is 8.68. The van der Waals surface area contributed by atoms with Gasteiger partial charge in [-0.1, -0.05) is 18.2 Å². The van der Waals surface area contributed by atoms with Crippen molar-refractivity contribution in [2.24, 2.45) is 0 Å². The van der Waals surface area contributed by atoms with Gasteiger partial charge in [0.05, 0.1) is 6.20 Å². The van der Waals surface area contributed by atoms with Gasteiger partial charge in [0.15, 0.2) is 5.03 Å². The normalized spacial score (nSPS) is 11.3. The van der Waals surface area contributed by atoms with Crippen LogP contribution in [-0.2, 0) is 10.0 Å². The molecule has 96 valence electrons. The smallest absolute Gasteiger partial charge is 0.257 e. The van der Waals surface area contributed by atoms with Gasteiger partial charge in [0.1, 0.15) is 12.4 Å². The van der Waals surface area contributed by atoms with Crippen molar-refractivity contribution in [3.63, 3.8) is 0 Å². The molecule has 0 saturated carbocycles. The standard InChI is InChI=1S/C11H13N3O3S/c15-18(16,11-6-7-12-14-11)13-8-9-17-10-4-2-1-3-5-10/h1-7,13H,8-9H2,(H,12,14). The molecule has 2 rings (SSSR count).